The van der Waals surface area contributed by atoms with Crippen LogP contribution in [-0.2, 0) is 0 Å². The van der Waals surface area contributed by atoms with Crippen LogP contribution in [0.15, 0.2) is 109 Å². The minimum atomic E-state index is -0.788. The lowest BCUT2D eigenvalue weighted by atomic mass is 10.0. The van der Waals surface area contributed by atoms with Gasteiger partial charge in [-0.05, 0) is 48.5 Å². The van der Waals surface area contributed by atoms with Crippen molar-refractivity contribution in [2.75, 3.05) is 0 Å². The van der Waals surface area contributed by atoms with E-state index in [0.717, 1.165) is 0 Å². The highest BCUT2D eigenvalue weighted by molar-refractivity contribution is 6.49. The number of esters is 2. The third-order valence-corrected chi connectivity index (χ3v) is 4.84. The molecule has 6 heteroatoms. The van der Waals surface area contributed by atoms with Crippen LogP contribution >= 0.6 is 0 Å². The first-order valence-electron chi connectivity index (χ1n) is 10.3. The molecule has 34 heavy (non-hydrogen) atoms. The monoisotopic (exact) mass is 450 g/mol. The van der Waals surface area contributed by atoms with Crippen molar-refractivity contribution < 1.29 is 28.7 Å². The Morgan fingerprint density at radius 3 is 1.15 bits per heavy atom. The van der Waals surface area contributed by atoms with Gasteiger partial charge in [0.1, 0.15) is 11.5 Å². The topological polar surface area (TPSA) is 86.7 Å². The average molecular weight is 450 g/mol. The number of hydrogen-bond acceptors (Lipinski definition) is 6. The molecule has 0 spiro atoms. The van der Waals surface area contributed by atoms with Gasteiger partial charge in [0.05, 0.1) is 11.1 Å². The van der Waals surface area contributed by atoms with Crippen LogP contribution in [0.2, 0.25) is 0 Å². The summed E-state index contributed by atoms with van der Waals surface area (Å²) in [6.07, 6.45) is 0. The van der Waals surface area contributed by atoms with E-state index in [-0.39, 0.29) is 22.6 Å². The summed E-state index contributed by atoms with van der Waals surface area (Å²) < 4.78 is 10.6. The number of Topliss-reactive ketones (excluding diaryl/α,β-unsaturated/α-hetero) is 2. The predicted molar refractivity (Wildman–Crippen MR) is 124 cm³/mol. The molecule has 0 aromatic heterocycles. The van der Waals surface area contributed by atoms with Gasteiger partial charge in [-0.1, -0.05) is 60.7 Å². The predicted octanol–water partition coefficient (Wildman–Crippen LogP) is 5.19. The van der Waals surface area contributed by atoms with Crippen molar-refractivity contribution in [1.82, 2.24) is 0 Å². The van der Waals surface area contributed by atoms with Crippen molar-refractivity contribution in [3.8, 4) is 11.5 Å². The molecule has 4 aromatic rings. The summed E-state index contributed by atoms with van der Waals surface area (Å²) in [4.78, 5) is 50.1. The maximum atomic E-state index is 12.8. The van der Waals surface area contributed by atoms with Gasteiger partial charge in [-0.25, -0.2) is 9.59 Å². The van der Waals surface area contributed by atoms with Gasteiger partial charge in [0.2, 0.25) is 11.6 Å². The zero-order valence-corrected chi connectivity index (χ0v) is 17.8. The summed E-state index contributed by atoms with van der Waals surface area (Å²) in [6, 6.07) is 28.5. The molecule has 0 saturated carbocycles. The molecule has 0 unspecified atom stereocenters. The lowest BCUT2D eigenvalue weighted by Crippen LogP contribution is -2.15. The molecule has 4 aromatic carbocycles. The second-order valence-corrected chi connectivity index (χ2v) is 7.23. The highest BCUT2D eigenvalue weighted by Crippen LogP contribution is 2.20. The number of ketones is 2. The summed E-state index contributed by atoms with van der Waals surface area (Å²) in [7, 11) is 0. The first-order chi connectivity index (χ1) is 16.5. The Labute approximate surface area is 195 Å². The van der Waals surface area contributed by atoms with Crippen LogP contribution in [0, 0.1) is 0 Å². The van der Waals surface area contributed by atoms with Crippen molar-refractivity contribution in [3.05, 3.63) is 131 Å². The molecule has 0 bridgehead atoms. The number of carbonyl (C=O) groups excluding carboxylic acids is 4. The molecule has 0 heterocycles. The van der Waals surface area contributed by atoms with Crippen LogP contribution < -0.4 is 9.47 Å². The SMILES string of the molecule is O=C(Oc1cccc(C(=O)C(=O)c2cccc(OC(=O)c3ccccc3)c2)c1)c1ccccc1. The molecule has 0 aliphatic rings. The van der Waals surface area contributed by atoms with E-state index in [2.05, 4.69) is 0 Å². The third kappa shape index (κ3) is 5.31. The molecule has 0 saturated heterocycles. The fourth-order valence-corrected chi connectivity index (χ4v) is 3.14. The summed E-state index contributed by atoms with van der Waals surface area (Å²) in [6.45, 7) is 0. The fraction of sp³-hybridized carbons (Fsp3) is 0. The van der Waals surface area contributed by atoms with E-state index in [4.69, 9.17) is 9.47 Å². The van der Waals surface area contributed by atoms with E-state index in [1.807, 2.05) is 0 Å². The zero-order chi connectivity index (χ0) is 23.9. The Kier molecular flexibility index (Phi) is 6.70. The first-order valence-corrected chi connectivity index (χ1v) is 10.3. The maximum Gasteiger partial charge on any atom is 0.343 e. The normalized spacial score (nSPS) is 10.2. The molecule has 0 atom stereocenters. The highest BCUT2D eigenvalue weighted by atomic mass is 16.5. The van der Waals surface area contributed by atoms with Crippen LogP contribution in [-0.4, -0.2) is 23.5 Å². The lowest BCUT2D eigenvalue weighted by Gasteiger charge is -2.08. The second-order valence-electron chi connectivity index (χ2n) is 7.23. The zero-order valence-electron chi connectivity index (χ0n) is 17.8. The van der Waals surface area contributed by atoms with Gasteiger partial charge in [0.15, 0.2) is 0 Å². The number of carbonyl (C=O) groups is 4. The summed E-state index contributed by atoms with van der Waals surface area (Å²) in [5.41, 5.74) is 0.847. The van der Waals surface area contributed by atoms with Crippen molar-refractivity contribution in [3.63, 3.8) is 0 Å². The number of hydrogen-bond donors (Lipinski definition) is 0. The van der Waals surface area contributed by atoms with E-state index >= 15 is 0 Å². The molecule has 166 valence electrons. The Bertz CT molecular complexity index is 1250. The average Bonchev–Trinajstić information content (AvgIpc) is 2.89. The van der Waals surface area contributed by atoms with E-state index in [0.29, 0.717) is 11.1 Å². The fourth-order valence-electron chi connectivity index (χ4n) is 3.14. The quantitative estimate of drug-likeness (QED) is 0.167. The lowest BCUT2D eigenvalue weighted by molar-refractivity contribution is 0.0724. The van der Waals surface area contributed by atoms with E-state index in [1.54, 1.807) is 60.7 Å². The summed E-state index contributed by atoms with van der Waals surface area (Å²) in [5.74, 6) is -2.46. The van der Waals surface area contributed by atoms with E-state index in [9.17, 15) is 19.2 Å². The molecule has 0 aliphatic heterocycles. The smallest absolute Gasteiger partial charge is 0.343 e. The minimum absolute atomic E-state index is 0.0649. The van der Waals surface area contributed by atoms with Gasteiger partial charge in [-0.2, -0.15) is 0 Å². The molecule has 0 N–H and O–H groups in total. The van der Waals surface area contributed by atoms with Crippen LogP contribution in [0.3, 0.4) is 0 Å². The van der Waals surface area contributed by atoms with Crippen molar-refractivity contribution in [2.24, 2.45) is 0 Å². The number of rotatable bonds is 7. The maximum absolute atomic E-state index is 12.8. The van der Waals surface area contributed by atoms with Gasteiger partial charge in [0.25, 0.3) is 0 Å². The van der Waals surface area contributed by atoms with Gasteiger partial charge < -0.3 is 9.47 Å². The second kappa shape index (κ2) is 10.2. The molecule has 0 fully saturated rings. The van der Waals surface area contributed by atoms with Crippen LogP contribution in [0.5, 0.6) is 11.5 Å². The molecule has 4 rings (SSSR count). The molecule has 0 radical (unpaired) electrons. The molecule has 0 aliphatic carbocycles. The van der Waals surface area contributed by atoms with Crippen molar-refractivity contribution in [1.29, 1.82) is 0 Å². The summed E-state index contributed by atoms with van der Waals surface area (Å²) >= 11 is 0. The Hall–Kier alpha value is -4.84. The van der Waals surface area contributed by atoms with Crippen LogP contribution in [0.25, 0.3) is 0 Å². The van der Waals surface area contributed by atoms with Crippen molar-refractivity contribution in [2.45, 2.75) is 0 Å². The highest BCUT2D eigenvalue weighted by Gasteiger charge is 2.20. The molecular formula is C28H18O6. The van der Waals surface area contributed by atoms with Crippen molar-refractivity contribution >= 4 is 23.5 Å². The van der Waals surface area contributed by atoms with Gasteiger partial charge >= 0.3 is 11.9 Å². The van der Waals surface area contributed by atoms with Gasteiger partial charge in [0, 0.05) is 11.1 Å². The minimum Gasteiger partial charge on any atom is -0.423 e. The van der Waals surface area contributed by atoms with E-state index < -0.39 is 23.5 Å². The Balaban J connectivity index is 1.48. The molecule has 6 nitrogen and oxygen atoms in total. The molecular weight excluding hydrogens is 432 g/mol. The van der Waals surface area contributed by atoms with Crippen LogP contribution in [0.1, 0.15) is 41.4 Å². The van der Waals surface area contributed by atoms with E-state index in [1.165, 1.54) is 48.5 Å². The molecule has 0 amide bonds. The van der Waals surface area contributed by atoms with Gasteiger partial charge in [-0.15, -0.1) is 0 Å². The number of ether oxygens (including phenoxy) is 2. The summed E-state index contributed by atoms with van der Waals surface area (Å²) in [5, 5.41) is 0. The Morgan fingerprint density at radius 2 is 0.765 bits per heavy atom. The number of benzene rings is 4. The first kappa shape index (κ1) is 22.4. The standard InChI is InChI=1S/C28H18O6/c29-25(21-13-7-15-23(17-21)33-27(31)19-9-3-1-4-10-19)26(30)22-14-8-16-24(18-22)34-28(32)20-11-5-2-6-12-20/h1-18H. The third-order valence-electron chi connectivity index (χ3n) is 4.84. The Morgan fingerprint density at radius 1 is 0.412 bits per heavy atom. The largest absolute Gasteiger partial charge is 0.423 e. The van der Waals surface area contributed by atoms with Gasteiger partial charge in [-0.3, -0.25) is 9.59 Å². The van der Waals surface area contributed by atoms with Crippen LogP contribution in [0.4, 0.5) is 0 Å².